The molecule has 3 aromatic rings. The summed E-state index contributed by atoms with van der Waals surface area (Å²) in [5.74, 6) is 0.312. The van der Waals surface area contributed by atoms with Crippen molar-refractivity contribution in [1.82, 2.24) is 14.8 Å². The molecule has 0 atom stereocenters. The number of aryl methyl sites for hydroxylation is 1. The maximum atomic E-state index is 12.5. The Balaban J connectivity index is 0.000000248. The lowest BCUT2D eigenvalue weighted by atomic mass is 10.0. The number of H-pyrrole nitrogens is 1. The van der Waals surface area contributed by atoms with Crippen LogP contribution in [-0.4, -0.2) is 79.2 Å². The van der Waals surface area contributed by atoms with Gasteiger partial charge in [0.15, 0.2) is 0 Å². The number of aromatic nitrogens is 1. The van der Waals surface area contributed by atoms with Gasteiger partial charge in [0.05, 0.1) is 20.8 Å². The zero-order valence-electron chi connectivity index (χ0n) is 19.7. The van der Waals surface area contributed by atoms with E-state index in [1.807, 2.05) is 11.1 Å². The van der Waals surface area contributed by atoms with Crippen molar-refractivity contribution in [3.8, 4) is 11.5 Å². The number of methoxy groups -OCH3 is 2. The van der Waals surface area contributed by atoms with Crippen molar-refractivity contribution in [2.75, 3.05) is 46.9 Å². The number of aromatic carboxylic acids is 1. The van der Waals surface area contributed by atoms with Crippen molar-refractivity contribution in [3.63, 3.8) is 0 Å². The first-order valence-electron chi connectivity index (χ1n) is 11.1. The second kappa shape index (κ2) is 11.8. The van der Waals surface area contributed by atoms with E-state index in [0.29, 0.717) is 18.8 Å². The average molecular weight is 476 g/mol. The van der Waals surface area contributed by atoms with Gasteiger partial charge in [0.1, 0.15) is 17.1 Å². The summed E-state index contributed by atoms with van der Waals surface area (Å²) < 4.78 is 35.3. The van der Waals surface area contributed by atoms with E-state index in [1.54, 1.807) is 25.3 Å². The summed E-state index contributed by atoms with van der Waals surface area (Å²) >= 11 is 0. The molecule has 0 amide bonds. The molecule has 0 spiro atoms. The second-order valence-electron chi connectivity index (χ2n) is 8.11. The molecular weight excluding hydrogens is 444 g/mol. The first-order chi connectivity index (χ1) is 16.3. The number of fused-ring (bicyclic) bond motifs is 1. The van der Waals surface area contributed by atoms with Crippen molar-refractivity contribution in [2.45, 2.75) is 19.9 Å². The molecule has 4 rings (SSSR count). The maximum absolute atomic E-state index is 12.5. The third kappa shape index (κ3) is 6.24. The fraction of sp³-hybridized carbons (Fsp3) is 0.400. The summed E-state index contributed by atoms with van der Waals surface area (Å²) in [6.45, 7) is 5.70. The van der Waals surface area contributed by atoms with E-state index in [9.17, 15) is 13.6 Å². The van der Waals surface area contributed by atoms with E-state index >= 15 is 0 Å². The van der Waals surface area contributed by atoms with Crippen LogP contribution in [0, 0.1) is 6.92 Å². The number of hydrogen-bond donors (Lipinski definition) is 2. The fourth-order valence-corrected chi connectivity index (χ4v) is 4.15. The number of nitrogens with zero attached hydrogens (tertiary/aromatic N) is 2. The number of ether oxygens (including phenoxy) is 2. The topological polar surface area (TPSA) is 78.0 Å². The minimum Gasteiger partial charge on any atom is -0.496 e. The van der Waals surface area contributed by atoms with E-state index in [2.05, 4.69) is 28.9 Å². The highest BCUT2D eigenvalue weighted by Crippen LogP contribution is 2.31. The number of carboxylic acid groups (broad SMARTS) is 1. The highest BCUT2D eigenvalue weighted by Gasteiger charge is 2.22. The molecule has 1 aliphatic rings. The number of aromatic amines is 1. The summed E-state index contributed by atoms with van der Waals surface area (Å²) in [6, 6.07) is 10.6. The van der Waals surface area contributed by atoms with Crippen molar-refractivity contribution in [2.24, 2.45) is 0 Å². The van der Waals surface area contributed by atoms with Crippen LogP contribution in [0.1, 0.15) is 21.5 Å². The summed E-state index contributed by atoms with van der Waals surface area (Å²) in [6.07, 6.45) is -0.306. The van der Waals surface area contributed by atoms with Gasteiger partial charge in [-0.05, 0) is 36.8 Å². The molecule has 0 aliphatic carbocycles. The van der Waals surface area contributed by atoms with Crippen LogP contribution in [0.2, 0.25) is 0 Å². The molecule has 1 fully saturated rings. The Morgan fingerprint density at radius 3 is 2.29 bits per heavy atom. The quantitative estimate of drug-likeness (QED) is 0.532. The predicted molar refractivity (Wildman–Crippen MR) is 127 cm³/mol. The summed E-state index contributed by atoms with van der Waals surface area (Å²) in [7, 11) is 3.14. The molecule has 7 nitrogen and oxygen atoms in total. The lowest BCUT2D eigenvalue weighted by Gasteiger charge is -2.34. The van der Waals surface area contributed by atoms with Crippen LogP contribution in [-0.2, 0) is 6.54 Å². The number of carboxylic acids is 1. The number of para-hydroxylation sites is 1. The zero-order valence-corrected chi connectivity index (χ0v) is 19.7. The van der Waals surface area contributed by atoms with E-state index in [0.717, 1.165) is 42.0 Å². The smallest absolute Gasteiger partial charge is 0.339 e. The Kier molecular flexibility index (Phi) is 8.84. The molecule has 2 aromatic carbocycles. The highest BCUT2D eigenvalue weighted by molar-refractivity contribution is 5.90. The molecule has 1 aromatic heterocycles. The van der Waals surface area contributed by atoms with Gasteiger partial charge in [-0.2, -0.15) is 0 Å². The van der Waals surface area contributed by atoms with Crippen LogP contribution < -0.4 is 9.47 Å². The standard InChI is InChI=1S/C17H23F2N3O.C8H8O3/c1-12-9-15(23-2)14(13-3-4-20-17(12)13)10-21-5-7-22(8-6-21)11-16(18)19;1-11-7-5-3-2-4-6(7)8(9)10/h3-4,9,16,20H,5-8,10-11H2,1-2H3;2-5H,1H3,(H,9,10). The first kappa shape index (κ1) is 25.5. The van der Waals surface area contributed by atoms with Crippen LogP contribution in [0.3, 0.4) is 0 Å². The maximum Gasteiger partial charge on any atom is 0.339 e. The van der Waals surface area contributed by atoms with Gasteiger partial charge in [-0.3, -0.25) is 9.80 Å². The van der Waals surface area contributed by atoms with Gasteiger partial charge in [0.2, 0.25) is 0 Å². The summed E-state index contributed by atoms with van der Waals surface area (Å²) in [5.41, 5.74) is 3.65. The van der Waals surface area contributed by atoms with Gasteiger partial charge < -0.3 is 19.6 Å². The molecule has 2 N–H and O–H groups in total. The SMILES string of the molecule is COc1cc(C)c2[nH]ccc2c1CN1CCN(CC(F)F)CC1.COc1ccccc1C(=O)O. The molecule has 184 valence electrons. The largest absolute Gasteiger partial charge is 0.496 e. The van der Waals surface area contributed by atoms with Gasteiger partial charge >= 0.3 is 5.97 Å². The Morgan fingerprint density at radius 1 is 1.06 bits per heavy atom. The molecule has 1 aliphatic heterocycles. The van der Waals surface area contributed by atoms with Crippen molar-refractivity contribution < 1.29 is 28.2 Å². The summed E-state index contributed by atoms with van der Waals surface area (Å²) in [4.78, 5) is 17.9. The number of piperazine rings is 1. The van der Waals surface area contributed by atoms with E-state index in [-0.39, 0.29) is 12.1 Å². The van der Waals surface area contributed by atoms with Crippen LogP contribution in [0.15, 0.2) is 42.6 Å². The number of rotatable bonds is 7. The normalized spacial score (nSPS) is 14.6. The third-order valence-corrected chi connectivity index (χ3v) is 5.91. The Morgan fingerprint density at radius 2 is 1.71 bits per heavy atom. The third-order valence-electron chi connectivity index (χ3n) is 5.91. The van der Waals surface area contributed by atoms with Crippen molar-refractivity contribution in [3.05, 3.63) is 59.3 Å². The van der Waals surface area contributed by atoms with Gasteiger partial charge in [0, 0.05) is 55.4 Å². The molecule has 9 heteroatoms. The lowest BCUT2D eigenvalue weighted by Crippen LogP contribution is -2.47. The molecule has 0 saturated carbocycles. The number of nitrogens with one attached hydrogen (secondary N) is 1. The second-order valence-corrected chi connectivity index (χ2v) is 8.11. The molecular formula is C25H31F2N3O4. The average Bonchev–Trinajstić information content (AvgIpc) is 3.32. The first-order valence-corrected chi connectivity index (χ1v) is 11.1. The minimum atomic E-state index is -2.25. The van der Waals surface area contributed by atoms with Gasteiger partial charge in [-0.15, -0.1) is 0 Å². The Bertz CT molecular complexity index is 1090. The molecule has 0 bridgehead atoms. The number of hydrogen-bond acceptors (Lipinski definition) is 5. The Hall–Kier alpha value is -3.17. The molecule has 34 heavy (non-hydrogen) atoms. The zero-order chi connectivity index (χ0) is 24.7. The van der Waals surface area contributed by atoms with Gasteiger partial charge in [-0.1, -0.05) is 12.1 Å². The number of benzene rings is 2. The number of alkyl halides is 2. The van der Waals surface area contributed by atoms with Gasteiger partial charge in [-0.25, -0.2) is 13.6 Å². The molecule has 1 saturated heterocycles. The summed E-state index contributed by atoms with van der Waals surface area (Å²) in [5, 5.41) is 9.79. The van der Waals surface area contributed by atoms with Gasteiger partial charge in [0.25, 0.3) is 6.43 Å². The van der Waals surface area contributed by atoms with Crippen LogP contribution in [0.4, 0.5) is 8.78 Å². The van der Waals surface area contributed by atoms with Crippen LogP contribution in [0.25, 0.3) is 10.9 Å². The monoisotopic (exact) mass is 475 g/mol. The van der Waals surface area contributed by atoms with E-state index in [1.165, 1.54) is 18.6 Å². The number of halogens is 2. The minimum absolute atomic E-state index is 0.121. The van der Waals surface area contributed by atoms with Crippen molar-refractivity contribution >= 4 is 16.9 Å². The fourth-order valence-electron chi connectivity index (χ4n) is 4.15. The van der Waals surface area contributed by atoms with Crippen LogP contribution in [0.5, 0.6) is 11.5 Å². The predicted octanol–water partition coefficient (Wildman–Crippen LogP) is 4.26. The van der Waals surface area contributed by atoms with Crippen molar-refractivity contribution in [1.29, 1.82) is 0 Å². The molecule has 2 heterocycles. The lowest BCUT2D eigenvalue weighted by molar-refractivity contribution is 0.0542. The van der Waals surface area contributed by atoms with E-state index < -0.39 is 12.4 Å². The Labute approximate surface area is 197 Å². The molecule has 0 unspecified atom stereocenters. The number of carbonyl (C=O) groups is 1. The molecule has 0 radical (unpaired) electrons. The van der Waals surface area contributed by atoms with Crippen LogP contribution >= 0.6 is 0 Å². The highest BCUT2D eigenvalue weighted by atomic mass is 19.3. The van der Waals surface area contributed by atoms with E-state index in [4.69, 9.17) is 14.6 Å².